The Balaban J connectivity index is 2.42. The van der Waals surface area contributed by atoms with E-state index in [2.05, 4.69) is 42.4 Å². The summed E-state index contributed by atoms with van der Waals surface area (Å²) in [5.74, 6) is 0. The SMILES string of the molecule is CNC(C)CC(C)N(C)Cc1cnn(C)c1. The van der Waals surface area contributed by atoms with Crippen molar-refractivity contribution in [3.05, 3.63) is 18.0 Å². The minimum Gasteiger partial charge on any atom is -0.317 e. The Kier molecular flexibility index (Phi) is 4.96. The molecule has 1 aromatic heterocycles. The fourth-order valence-corrected chi connectivity index (χ4v) is 1.81. The molecule has 92 valence electrons. The first-order chi connectivity index (χ1) is 7.52. The summed E-state index contributed by atoms with van der Waals surface area (Å²) < 4.78 is 1.85. The van der Waals surface area contributed by atoms with Crippen molar-refractivity contribution in [3.63, 3.8) is 0 Å². The summed E-state index contributed by atoms with van der Waals surface area (Å²) in [6.07, 6.45) is 5.17. The van der Waals surface area contributed by atoms with Crippen LogP contribution in [0.25, 0.3) is 0 Å². The topological polar surface area (TPSA) is 33.1 Å². The molecule has 0 amide bonds. The van der Waals surface area contributed by atoms with Gasteiger partial charge in [0.05, 0.1) is 6.20 Å². The van der Waals surface area contributed by atoms with Crippen molar-refractivity contribution in [2.45, 2.75) is 38.9 Å². The Morgan fingerprint density at radius 2 is 2.19 bits per heavy atom. The van der Waals surface area contributed by atoms with Crippen LogP contribution in [0.2, 0.25) is 0 Å². The van der Waals surface area contributed by atoms with Crippen molar-refractivity contribution in [1.82, 2.24) is 20.0 Å². The number of hydrogen-bond donors (Lipinski definition) is 1. The van der Waals surface area contributed by atoms with Gasteiger partial charge in [-0.05, 0) is 34.4 Å². The lowest BCUT2D eigenvalue weighted by molar-refractivity contribution is 0.224. The van der Waals surface area contributed by atoms with Gasteiger partial charge in [-0.1, -0.05) is 0 Å². The second-order valence-electron chi connectivity index (χ2n) is 4.71. The van der Waals surface area contributed by atoms with Crippen molar-refractivity contribution < 1.29 is 0 Å². The summed E-state index contributed by atoms with van der Waals surface area (Å²) in [5, 5.41) is 7.46. The van der Waals surface area contributed by atoms with Crippen molar-refractivity contribution >= 4 is 0 Å². The molecule has 4 nitrogen and oxygen atoms in total. The van der Waals surface area contributed by atoms with E-state index in [1.165, 1.54) is 5.56 Å². The Hall–Kier alpha value is -0.870. The minimum absolute atomic E-state index is 0.561. The van der Waals surface area contributed by atoms with Crippen molar-refractivity contribution in [1.29, 1.82) is 0 Å². The van der Waals surface area contributed by atoms with Gasteiger partial charge in [0.1, 0.15) is 0 Å². The molecule has 0 spiro atoms. The van der Waals surface area contributed by atoms with Gasteiger partial charge >= 0.3 is 0 Å². The van der Waals surface area contributed by atoms with Crippen molar-refractivity contribution in [2.24, 2.45) is 7.05 Å². The molecule has 2 unspecified atom stereocenters. The molecule has 0 bridgehead atoms. The maximum absolute atomic E-state index is 4.18. The Morgan fingerprint density at radius 3 is 2.69 bits per heavy atom. The molecule has 0 aliphatic rings. The molecule has 4 heteroatoms. The predicted octanol–water partition coefficient (Wildman–Crippen LogP) is 1.24. The van der Waals surface area contributed by atoms with E-state index >= 15 is 0 Å². The molecule has 0 radical (unpaired) electrons. The van der Waals surface area contributed by atoms with Gasteiger partial charge in [0.15, 0.2) is 0 Å². The largest absolute Gasteiger partial charge is 0.317 e. The summed E-state index contributed by atoms with van der Waals surface area (Å²) >= 11 is 0. The lowest BCUT2D eigenvalue weighted by atomic mass is 10.1. The van der Waals surface area contributed by atoms with Gasteiger partial charge in [0.25, 0.3) is 0 Å². The second-order valence-corrected chi connectivity index (χ2v) is 4.71. The number of nitrogens with one attached hydrogen (secondary N) is 1. The van der Waals surface area contributed by atoms with Crippen LogP contribution in [-0.4, -0.2) is 40.9 Å². The summed E-state index contributed by atoms with van der Waals surface area (Å²) in [6, 6.07) is 1.13. The third-order valence-corrected chi connectivity index (χ3v) is 3.13. The van der Waals surface area contributed by atoms with E-state index in [-0.39, 0.29) is 0 Å². The molecule has 0 fully saturated rings. The van der Waals surface area contributed by atoms with Crippen LogP contribution in [0.3, 0.4) is 0 Å². The highest BCUT2D eigenvalue weighted by atomic mass is 15.2. The zero-order chi connectivity index (χ0) is 12.1. The van der Waals surface area contributed by atoms with E-state index in [0.717, 1.165) is 13.0 Å². The van der Waals surface area contributed by atoms with Crippen LogP contribution in [0.15, 0.2) is 12.4 Å². The molecule has 0 aliphatic carbocycles. The highest BCUT2D eigenvalue weighted by molar-refractivity contribution is 5.03. The van der Waals surface area contributed by atoms with Gasteiger partial charge in [-0.25, -0.2) is 0 Å². The molecule has 1 rings (SSSR count). The van der Waals surface area contributed by atoms with E-state index in [1.807, 2.05) is 25.0 Å². The summed E-state index contributed by atoms with van der Waals surface area (Å²) in [7, 11) is 6.13. The molecular weight excluding hydrogens is 200 g/mol. The molecule has 1 aromatic rings. The number of aromatic nitrogens is 2. The molecule has 16 heavy (non-hydrogen) atoms. The van der Waals surface area contributed by atoms with Gasteiger partial charge in [-0.2, -0.15) is 5.10 Å². The fraction of sp³-hybridized carbons (Fsp3) is 0.750. The molecule has 0 saturated heterocycles. The smallest absolute Gasteiger partial charge is 0.0534 e. The van der Waals surface area contributed by atoms with Crippen molar-refractivity contribution in [2.75, 3.05) is 14.1 Å². The molecular formula is C12H24N4. The van der Waals surface area contributed by atoms with Gasteiger partial charge in [-0.15, -0.1) is 0 Å². The van der Waals surface area contributed by atoms with Crippen LogP contribution in [-0.2, 0) is 13.6 Å². The standard InChI is InChI=1S/C12H24N4/c1-10(13-3)6-11(2)15(4)8-12-7-14-16(5)9-12/h7,9-11,13H,6,8H2,1-5H3. The maximum atomic E-state index is 4.18. The van der Waals surface area contributed by atoms with E-state index in [9.17, 15) is 0 Å². The molecule has 0 aliphatic heterocycles. The van der Waals surface area contributed by atoms with Gasteiger partial charge in [0.2, 0.25) is 0 Å². The van der Waals surface area contributed by atoms with Crippen LogP contribution >= 0.6 is 0 Å². The van der Waals surface area contributed by atoms with E-state index < -0.39 is 0 Å². The lowest BCUT2D eigenvalue weighted by Gasteiger charge is -2.26. The molecule has 1 N–H and O–H groups in total. The Bertz CT molecular complexity index is 308. The van der Waals surface area contributed by atoms with Crippen LogP contribution in [0.1, 0.15) is 25.8 Å². The fourth-order valence-electron chi connectivity index (χ4n) is 1.81. The Labute approximate surface area is 98.6 Å². The first-order valence-corrected chi connectivity index (χ1v) is 5.88. The first-order valence-electron chi connectivity index (χ1n) is 5.88. The van der Waals surface area contributed by atoms with E-state index in [0.29, 0.717) is 12.1 Å². The number of nitrogens with zero attached hydrogens (tertiary/aromatic N) is 3. The highest BCUT2D eigenvalue weighted by Gasteiger charge is 2.12. The average Bonchev–Trinajstić information content (AvgIpc) is 2.63. The van der Waals surface area contributed by atoms with Crippen LogP contribution in [0.5, 0.6) is 0 Å². The van der Waals surface area contributed by atoms with E-state index in [1.54, 1.807) is 0 Å². The average molecular weight is 224 g/mol. The lowest BCUT2D eigenvalue weighted by Crippen LogP contribution is -2.35. The number of rotatable bonds is 6. The minimum atomic E-state index is 0.561. The molecule has 0 aromatic carbocycles. The zero-order valence-electron chi connectivity index (χ0n) is 11.1. The third-order valence-electron chi connectivity index (χ3n) is 3.13. The van der Waals surface area contributed by atoms with Crippen LogP contribution < -0.4 is 5.32 Å². The van der Waals surface area contributed by atoms with Crippen LogP contribution in [0, 0.1) is 0 Å². The number of hydrogen-bond acceptors (Lipinski definition) is 3. The summed E-state index contributed by atoms with van der Waals surface area (Å²) in [4.78, 5) is 2.37. The zero-order valence-corrected chi connectivity index (χ0v) is 11.1. The molecule has 2 atom stereocenters. The van der Waals surface area contributed by atoms with E-state index in [4.69, 9.17) is 0 Å². The Morgan fingerprint density at radius 1 is 1.50 bits per heavy atom. The molecule has 1 heterocycles. The van der Waals surface area contributed by atoms with Crippen LogP contribution in [0.4, 0.5) is 0 Å². The second kappa shape index (κ2) is 6.01. The third kappa shape index (κ3) is 3.94. The van der Waals surface area contributed by atoms with Gasteiger partial charge in [-0.3, -0.25) is 9.58 Å². The van der Waals surface area contributed by atoms with Crippen molar-refractivity contribution in [3.8, 4) is 0 Å². The highest BCUT2D eigenvalue weighted by Crippen LogP contribution is 2.09. The molecule has 0 saturated carbocycles. The van der Waals surface area contributed by atoms with Gasteiger partial charge < -0.3 is 5.32 Å². The first kappa shape index (κ1) is 13.2. The maximum Gasteiger partial charge on any atom is 0.0534 e. The summed E-state index contributed by atoms with van der Waals surface area (Å²) in [6.45, 7) is 5.45. The number of aryl methyl sites for hydroxylation is 1. The predicted molar refractivity (Wildman–Crippen MR) is 67.3 cm³/mol. The monoisotopic (exact) mass is 224 g/mol. The van der Waals surface area contributed by atoms with Gasteiger partial charge in [0, 0.05) is 37.4 Å². The summed E-state index contributed by atoms with van der Waals surface area (Å²) in [5.41, 5.74) is 1.27. The normalized spacial score (nSPS) is 15.4. The quantitative estimate of drug-likeness (QED) is 0.789.